The van der Waals surface area contributed by atoms with Gasteiger partial charge < -0.3 is 10.2 Å². The highest BCUT2D eigenvalue weighted by molar-refractivity contribution is 5.96. The van der Waals surface area contributed by atoms with Crippen molar-refractivity contribution in [2.75, 3.05) is 0 Å². The van der Waals surface area contributed by atoms with Crippen molar-refractivity contribution >= 4 is 11.9 Å². The predicted octanol–water partition coefficient (Wildman–Crippen LogP) is 4.15. The van der Waals surface area contributed by atoms with Crippen LogP contribution in [-0.4, -0.2) is 22.2 Å². The van der Waals surface area contributed by atoms with E-state index in [1.54, 1.807) is 12.1 Å². The van der Waals surface area contributed by atoms with E-state index in [1.807, 2.05) is 42.5 Å². The second-order valence-electron chi connectivity index (χ2n) is 5.57. The minimum Gasteiger partial charge on any atom is -0.478 e. The summed E-state index contributed by atoms with van der Waals surface area (Å²) in [5, 5.41) is 18.5. The summed E-state index contributed by atoms with van der Waals surface area (Å²) in [5.41, 5.74) is 2.57. The van der Waals surface area contributed by atoms with E-state index in [9.17, 15) is 19.8 Å². The minimum atomic E-state index is -1.18. The molecule has 0 bridgehead atoms. The van der Waals surface area contributed by atoms with Crippen LogP contribution in [0.5, 0.6) is 0 Å². The first-order chi connectivity index (χ1) is 12.5. The fourth-order valence-electron chi connectivity index (χ4n) is 2.53. The molecule has 0 unspecified atom stereocenters. The Bertz CT molecular complexity index is 1010. The van der Waals surface area contributed by atoms with E-state index in [2.05, 4.69) is 11.8 Å². The van der Waals surface area contributed by atoms with E-state index in [0.29, 0.717) is 16.7 Å². The third-order valence-electron chi connectivity index (χ3n) is 3.78. The second kappa shape index (κ2) is 7.37. The van der Waals surface area contributed by atoms with Crippen molar-refractivity contribution in [3.63, 3.8) is 0 Å². The van der Waals surface area contributed by atoms with Crippen molar-refractivity contribution in [3.05, 3.63) is 95.1 Å². The molecule has 0 saturated heterocycles. The molecule has 3 rings (SSSR count). The van der Waals surface area contributed by atoms with E-state index in [4.69, 9.17) is 0 Å². The number of hydrogen-bond donors (Lipinski definition) is 2. The van der Waals surface area contributed by atoms with E-state index < -0.39 is 11.9 Å². The molecule has 4 heteroatoms. The molecule has 0 aliphatic carbocycles. The zero-order valence-electron chi connectivity index (χ0n) is 13.6. The molecule has 0 aromatic heterocycles. The van der Waals surface area contributed by atoms with Crippen LogP contribution in [0.3, 0.4) is 0 Å². The molecule has 0 heterocycles. The van der Waals surface area contributed by atoms with Crippen molar-refractivity contribution in [2.45, 2.75) is 0 Å². The normalized spacial score (nSPS) is 9.85. The first-order valence-corrected chi connectivity index (χ1v) is 7.83. The van der Waals surface area contributed by atoms with Crippen LogP contribution in [0, 0.1) is 11.8 Å². The largest absolute Gasteiger partial charge is 0.478 e. The van der Waals surface area contributed by atoms with Crippen LogP contribution in [0.1, 0.15) is 31.8 Å². The first kappa shape index (κ1) is 17.0. The summed E-state index contributed by atoms with van der Waals surface area (Å²) >= 11 is 0. The van der Waals surface area contributed by atoms with Crippen LogP contribution in [0.4, 0.5) is 0 Å². The maximum absolute atomic E-state index is 11.3. The Hall–Kier alpha value is -3.84. The summed E-state index contributed by atoms with van der Waals surface area (Å²) in [6, 6.07) is 20.8. The molecular formula is C22H14O4. The highest BCUT2D eigenvalue weighted by Crippen LogP contribution is 2.26. The molecule has 126 valence electrons. The number of aromatic carboxylic acids is 2. The standard InChI is InChI=1S/C22H14O4/c23-21(24)18-12-17(13-19(14-18)22(25)26)20-9-5-4-8-16(20)11-10-15-6-2-1-3-7-15/h1-9,12-14H,(H,23,24)(H,25,26). The molecule has 2 N–H and O–H groups in total. The summed E-state index contributed by atoms with van der Waals surface area (Å²) in [4.78, 5) is 22.7. The summed E-state index contributed by atoms with van der Waals surface area (Å²) in [5.74, 6) is 3.79. The maximum atomic E-state index is 11.3. The van der Waals surface area contributed by atoms with Crippen molar-refractivity contribution in [1.29, 1.82) is 0 Å². The van der Waals surface area contributed by atoms with Crippen molar-refractivity contribution in [2.24, 2.45) is 0 Å². The molecule has 0 spiro atoms. The first-order valence-electron chi connectivity index (χ1n) is 7.83. The van der Waals surface area contributed by atoms with Gasteiger partial charge in [0.15, 0.2) is 0 Å². The van der Waals surface area contributed by atoms with Gasteiger partial charge in [0.05, 0.1) is 11.1 Å². The SMILES string of the molecule is O=C(O)c1cc(C(=O)O)cc(-c2ccccc2C#Cc2ccccc2)c1. The molecule has 0 radical (unpaired) electrons. The van der Waals surface area contributed by atoms with E-state index in [1.165, 1.54) is 12.1 Å². The highest BCUT2D eigenvalue weighted by atomic mass is 16.4. The molecule has 3 aromatic rings. The van der Waals surface area contributed by atoms with Gasteiger partial charge in [-0.05, 0) is 47.5 Å². The second-order valence-corrected chi connectivity index (χ2v) is 5.57. The lowest BCUT2D eigenvalue weighted by Crippen LogP contribution is -2.03. The fraction of sp³-hybridized carbons (Fsp3) is 0. The van der Waals surface area contributed by atoms with Crippen LogP contribution < -0.4 is 0 Å². The van der Waals surface area contributed by atoms with Gasteiger partial charge in [0.2, 0.25) is 0 Å². The Labute approximate surface area is 150 Å². The lowest BCUT2D eigenvalue weighted by molar-refractivity contribution is 0.0696. The Kier molecular flexibility index (Phi) is 4.82. The number of hydrogen-bond acceptors (Lipinski definition) is 2. The lowest BCUT2D eigenvalue weighted by Gasteiger charge is -2.08. The minimum absolute atomic E-state index is 0.0780. The Balaban J connectivity index is 2.12. The quantitative estimate of drug-likeness (QED) is 0.701. The Morgan fingerprint density at radius 3 is 1.88 bits per heavy atom. The molecule has 0 amide bonds. The average Bonchev–Trinajstić information content (AvgIpc) is 2.67. The number of benzene rings is 3. The van der Waals surface area contributed by atoms with Gasteiger partial charge >= 0.3 is 11.9 Å². The smallest absolute Gasteiger partial charge is 0.335 e. The van der Waals surface area contributed by atoms with Crippen molar-refractivity contribution in [1.82, 2.24) is 0 Å². The van der Waals surface area contributed by atoms with Gasteiger partial charge in [0.25, 0.3) is 0 Å². The summed E-state index contributed by atoms with van der Waals surface area (Å²) < 4.78 is 0. The predicted molar refractivity (Wildman–Crippen MR) is 98.2 cm³/mol. The van der Waals surface area contributed by atoms with Crippen LogP contribution >= 0.6 is 0 Å². The van der Waals surface area contributed by atoms with Crippen LogP contribution in [0.2, 0.25) is 0 Å². The average molecular weight is 342 g/mol. The fourth-order valence-corrected chi connectivity index (χ4v) is 2.53. The third-order valence-corrected chi connectivity index (χ3v) is 3.78. The van der Waals surface area contributed by atoms with E-state index in [0.717, 1.165) is 11.6 Å². The van der Waals surface area contributed by atoms with E-state index in [-0.39, 0.29) is 11.1 Å². The summed E-state index contributed by atoms with van der Waals surface area (Å²) in [6.45, 7) is 0. The Morgan fingerprint density at radius 2 is 1.27 bits per heavy atom. The zero-order chi connectivity index (χ0) is 18.5. The van der Waals surface area contributed by atoms with Gasteiger partial charge in [-0.1, -0.05) is 48.2 Å². The van der Waals surface area contributed by atoms with Crippen molar-refractivity contribution in [3.8, 4) is 23.0 Å². The van der Waals surface area contributed by atoms with Gasteiger partial charge in [0, 0.05) is 11.1 Å². The molecule has 3 aromatic carbocycles. The third kappa shape index (κ3) is 3.80. The number of carboxylic acid groups (broad SMARTS) is 2. The highest BCUT2D eigenvalue weighted by Gasteiger charge is 2.13. The number of rotatable bonds is 3. The summed E-state index contributed by atoms with van der Waals surface area (Å²) in [7, 11) is 0. The molecular weight excluding hydrogens is 328 g/mol. The molecule has 0 aliphatic heterocycles. The number of carbonyl (C=O) groups is 2. The maximum Gasteiger partial charge on any atom is 0.335 e. The van der Waals surface area contributed by atoms with Gasteiger partial charge in [-0.25, -0.2) is 9.59 Å². The lowest BCUT2D eigenvalue weighted by atomic mass is 9.96. The van der Waals surface area contributed by atoms with Gasteiger partial charge in [0.1, 0.15) is 0 Å². The monoisotopic (exact) mass is 342 g/mol. The Morgan fingerprint density at radius 1 is 0.692 bits per heavy atom. The van der Waals surface area contributed by atoms with Crippen LogP contribution in [0.15, 0.2) is 72.8 Å². The molecule has 0 aliphatic rings. The van der Waals surface area contributed by atoms with Crippen molar-refractivity contribution < 1.29 is 19.8 Å². The molecule has 26 heavy (non-hydrogen) atoms. The van der Waals surface area contributed by atoms with Crippen LogP contribution in [0.25, 0.3) is 11.1 Å². The van der Waals surface area contributed by atoms with E-state index >= 15 is 0 Å². The molecule has 0 saturated carbocycles. The molecule has 0 fully saturated rings. The zero-order valence-corrected chi connectivity index (χ0v) is 13.6. The van der Waals surface area contributed by atoms with Crippen LogP contribution in [-0.2, 0) is 0 Å². The van der Waals surface area contributed by atoms with Gasteiger partial charge in [-0.3, -0.25) is 0 Å². The van der Waals surface area contributed by atoms with Gasteiger partial charge in [-0.15, -0.1) is 0 Å². The number of carboxylic acids is 2. The summed E-state index contributed by atoms with van der Waals surface area (Å²) in [6.07, 6.45) is 0. The topological polar surface area (TPSA) is 74.6 Å². The van der Waals surface area contributed by atoms with Gasteiger partial charge in [-0.2, -0.15) is 0 Å². The molecule has 4 nitrogen and oxygen atoms in total. The molecule has 0 atom stereocenters.